The summed E-state index contributed by atoms with van der Waals surface area (Å²) < 4.78 is 5.34. The van der Waals surface area contributed by atoms with E-state index < -0.39 is 5.60 Å². The van der Waals surface area contributed by atoms with E-state index in [0.717, 1.165) is 11.3 Å². The largest absolute Gasteiger partial charge is 0.460 e. The molecular weight excluding hydrogens is 228 g/mol. The Morgan fingerprint density at radius 3 is 2.56 bits per heavy atom. The number of pyridine rings is 1. The summed E-state index contributed by atoms with van der Waals surface area (Å²) >= 11 is 0. The van der Waals surface area contributed by atoms with Crippen LogP contribution in [-0.2, 0) is 16.0 Å². The molecule has 1 unspecified atom stereocenters. The number of aromatic nitrogens is 1. The molecule has 0 bridgehead atoms. The average molecular weight is 250 g/mol. The summed E-state index contributed by atoms with van der Waals surface area (Å²) in [6.45, 7) is 7.79. The third-order valence-corrected chi connectivity index (χ3v) is 2.45. The lowest BCUT2D eigenvalue weighted by Crippen LogP contribution is -2.33. The van der Waals surface area contributed by atoms with E-state index in [1.54, 1.807) is 6.20 Å². The highest BCUT2D eigenvalue weighted by atomic mass is 16.6. The van der Waals surface area contributed by atoms with E-state index >= 15 is 0 Å². The zero-order valence-corrected chi connectivity index (χ0v) is 11.6. The van der Waals surface area contributed by atoms with Crippen LogP contribution in [0.2, 0.25) is 0 Å². The van der Waals surface area contributed by atoms with Crippen molar-refractivity contribution in [1.82, 2.24) is 4.98 Å². The van der Waals surface area contributed by atoms with Crippen LogP contribution in [0.1, 0.15) is 32.0 Å². The zero-order valence-electron chi connectivity index (χ0n) is 11.6. The summed E-state index contributed by atoms with van der Waals surface area (Å²) in [5.41, 5.74) is 7.12. The maximum Gasteiger partial charge on any atom is 0.311 e. The molecule has 0 amide bonds. The number of ether oxygens (including phenoxy) is 1. The van der Waals surface area contributed by atoms with Crippen molar-refractivity contribution in [1.29, 1.82) is 0 Å². The van der Waals surface area contributed by atoms with Crippen LogP contribution in [0, 0.1) is 12.8 Å². The van der Waals surface area contributed by atoms with Gasteiger partial charge in [-0.15, -0.1) is 0 Å². The molecule has 0 saturated heterocycles. The maximum atomic E-state index is 11.9. The molecule has 18 heavy (non-hydrogen) atoms. The molecule has 0 spiro atoms. The van der Waals surface area contributed by atoms with Crippen molar-refractivity contribution in [3.05, 3.63) is 29.6 Å². The predicted octanol–water partition coefficient (Wildman–Crippen LogP) is 1.85. The Balaban J connectivity index is 2.67. The minimum absolute atomic E-state index is 0.257. The second kappa shape index (κ2) is 5.96. The molecule has 0 aromatic carbocycles. The first-order valence-electron chi connectivity index (χ1n) is 6.16. The molecule has 1 rings (SSSR count). The Morgan fingerprint density at radius 2 is 2.11 bits per heavy atom. The van der Waals surface area contributed by atoms with E-state index in [9.17, 15) is 4.79 Å². The van der Waals surface area contributed by atoms with Gasteiger partial charge >= 0.3 is 5.97 Å². The first kappa shape index (κ1) is 14.6. The van der Waals surface area contributed by atoms with Gasteiger partial charge in [0, 0.05) is 24.9 Å². The molecule has 0 fully saturated rings. The molecule has 1 atom stereocenters. The van der Waals surface area contributed by atoms with Gasteiger partial charge in [0.05, 0.1) is 5.92 Å². The van der Waals surface area contributed by atoms with Gasteiger partial charge in [0.25, 0.3) is 0 Å². The highest BCUT2D eigenvalue weighted by molar-refractivity contribution is 5.73. The molecule has 0 aliphatic carbocycles. The molecule has 0 radical (unpaired) electrons. The molecule has 2 N–H and O–H groups in total. The second-order valence-corrected chi connectivity index (χ2v) is 5.50. The van der Waals surface area contributed by atoms with Crippen LogP contribution in [0.3, 0.4) is 0 Å². The maximum absolute atomic E-state index is 11.9. The number of nitrogens with two attached hydrogens (primary N) is 1. The van der Waals surface area contributed by atoms with E-state index in [-0.39, 0.29) is 18.4 Å². The Kier molecular flexibility index (Phi) is 4.84. The lowest BCUT2D eigenvalue weighted by Gasteiger charge is -2.23. The zero-order chi connectivity index (χ0) is 13.8. The lowest BCUT2D eigenvalue weighted by molar-refractivity contribution is -0.159. The van der Waals surface area contributed by atoms with Crippen molar-refractivity contribution in [3.63, 3.8) is 0 Å². The first-order valence-corrected chi connectivity index (χ1v) is 6.16. The number of rotatable bonds is 4. The van der Waals surface area contributed by atoms with E-state index in [4.69, 9.17) is 10.5 Å². The van der Waals surface area contributed by atoms with Gasteiger partial charge in [-0.3, -0.25) is 9.78 Å². The number of carbonyl (C=O) groups is 1. The highest BCUT2D eigenvalue weighted by Gasteiger charge is 2.24. The van der Waals surface area contributed by atoms with Crippen molar-refractivity contribution in [3.8, 4) is 0 Å². The Labute approximate surface area is 109 Å². The fourth-order valence-corrected chi connectivity index (χ4v) is 1.52. The first-order chi connectivity index (χ1) is 8.31. The fraction of sp³-hybridized carbons (Fsp3) is 0.571. The molecule has 0 saturated carbocycles. The molecule has 4 heteroatoms. The number of hydrogen-bond donors (Lipinski definition) is 1. The number of aryl methyl sites for hydroxylation is 1. The van der Waals surface area contributed by atoms with Crippen molar-refractivity contribution in [2.24, 2.45) is 11.7 Å². The summed E-state index contributed by atoms with van der Waals surface area (Å²) in [5.74, 6) is -0.591. The molecule has 100 valence electrons. The van der Waals surface area contributed by atoms with Crippen LogP contribution >= 0.6 is 0 Å². The summed E-state index contributed by atoms with van der Waals surface area (Å²) in [6.07, 6.45) is 2.31. The fourth-order valence-electron chi connectivity index (χ4n) is 1.52. The molecule has 0 aliphatic heterocycles. The Morgan fingerprint density at radius 1 is 1.44 bits per heavy atom. The van der Waals surface area contributed by atoms with Gasteiger partial charge in [-0.1, -0.05) is 6.07 Å². The molecule has 1 aromatic heterocycles. The lowest BCUT2D eigenvalue weighted by atomic mass is 10.0. The molecular formula is C14H22N2O2. The quantitative estimate of drug-likeness (QED) is 0.828. The van der Waals surface area contributed by atoms with E-state index in [0.29, 0.717) is 6.42 Å². The van der Waals surface area contributed by atoms with E-state index in [2.05, 4.69) is 4.98 Å². The molecule has 4 nitrogen and oxygen atoms in total. The molecule has 1 aromatic rings. The number of hydrogen-bond acceptors (Lipinski definition) is 4. The third kappa shape index (κ3) is 4.84. The minimum Gasteiger partial charge on any atom is -0.460 e. The van der Waals surface area contributed by atoms with Crippen LogP contribution in [0.5, 0.6) is 0 Å². The summed E-state index contributed by atoms with van der Waals surface area (Å²) in [5, 5.41) is 0. The monoisotopic (exact) mass is 250 g/mol. The topological polar surface area (TPSA) is 65.2 Å². The van der Waals surface area contributed by atoms with Gasteiger partial charge in [-0.25, -0.2) is 0 Å². The third-order valence-electron chi connectivity index (χ3n) is 2.45. The predicted molar refractivity (Wildman–Crippen MR) is 71.1 cm³/mol. The van der Waals surface area contributed by atoms with Crippen LogP contribution in [0.4, 0.5) is 0 Å². The minimum atomic E-state index is -0.481. The van der Waals surface area contributed by atoms with Gasteiger partial charge in [0.15, 0.2) is 0 Å². The van der Waals surface area contributed by atoms with Crippen LogP contribution in [-0.4, -0.2) is 23.1 Å². The summed E-state index contributed by atoms with van der Waals surface area (Å²) in [4.78, 5) is 16.2. The van der Waals surface area contributed by atoms with E-state index in [1.165, 1.54) is 0 Å². The van der Waals surface area contributed by atoms with Gasteiger partial charge in [-0.05, 0) is 39.3 Å². The van der Waals surface area contributed by atoms with Gasteiger partial charge in [0.2, 0.25) is 0 Å². The Hall–Kier alpha value is -1.42. The van der Waals surface area contributed by atoms with Crippen LogP contribution < -0.4 is 5.73 Å². The van der Waals surface area contributed by atoms with Gasteiger partial charge in [0.1, 0.15) is 5.60 Å². The summed E-state index contributed by atoms with van der Waals surface area (Å²) in [7, 11) is 0. The van der Waals surface area contributed by atoms with E-state index in [1.807, 2.05) is 39.8 Å². The van der Waals surface area contributed by atoms with Crippen molar-refractivity contribution in [2.75, 3.05) is 6.54 Å². The highest BCUT2D eigenvalue weighted by Crippen LogP contribution is 2.14. The summed E-state index contributed by atoms with van der Waals surface area (Å²) in [6, 6.07) is 3.90. The number of nitrogens with zero attached hydrogens (tertiary/aromatic N) is 1. The Bertz CT molecular complexity index is 393. The second-order valence-electron chi connectivity index (χ2n) is 5.50. The van der Waals surface area contributed by atoms with Crippen molar-refractivity contribution < 1.29 is 9.53 Å². The van der Waals surface area contributed by atoms with Gasteiger partial charge in [-0.2, -0.15) is 0 Å². The van der Waals surface area contributed by atoms with Crippen molar-refractivity contribution >= 4 is 5.97 Å². The normalized spacial score (nSPS) is 13.2. The van der Waals surface area contributed by atoms with Gasteiger partial charge < -0.3 is 10.5 Å². The van der Waals surface area contributed by atoms with Crippen LogP contribution in [0.25, 0.3) is 0 Å². The van der Waals surface area contributed by atoms with Crippen LogP contribution in [0.15, 0.2) is 18.3 Å². The number of carbonyl (C=O) groups excluding carboxylic acids is 1. The van der Waals surface area contributed by atoms with Crippen molar-refractivity contribution in [2.45, 2.75) is 39.7 Å². The molecule has 1 heterocycles. The number of esters is 1. The molecule has 0 aliphatic rings. The standard InChI is InChI=1S/C14H22N2O2/c1-10-5-6-12(16-9-10)7-11(8-15)13(17)18-14(2,3)4/h5-6,9,11H,7-8,15H2,1-4H3. The SMILES string of the molecule is Cc1ccc(CC(CN)C(=O)OC(C)(C)C)nc1. The smallest absolute Gasteiger partial charge is 0.311 e. The average Bonchev–Trinajstić information content (AvgIpc) is 2.25.